The highest BCUT2D eigenvalue weighted by Crippen LogP contribution is 2.18. The summed E-state index contributed by atoms with van der Waals surface area (Å²) in [6, 6.07) is 1.44. The van der Waals surface area contributed by atoms with Gasteiger partial charge < -0.3 is 0 Å². The number of nitrogens with zero attached hydrogens (tertiary/aromatic N) is 4. The van der Waals surface area contributed by atoms with E-state index in [0.717, 1.165) is 11.3 Å². The van der Waals surface area contributed by atoms with E-state index in [9.17, 15) is 4.39 Å². The maximum atomic E-state index is 12.9. The third-order valence-corrected chi connectivity index (χ3v) is 2.54. The molecule has 0 aliphatic heterocycles. The van der Waals surface area contributed by atoms with Gasteiger partial charge in [-0.3, -0.25) is 4.98 Å². The second kappa shape index (κ2) is 4.69. The first-order valence-corrected chi connectivity index (χ1v) is 5.70. The van der Waals surface area contributed by atoms with E-state index in [2.05, 4.69) is 31.2 Å². The molecule has 0 spiro atoms. The SMILES string of the molecule is CC(Br)c1cn(Cc2cncc(F)c2)nn1. The van der Waals surface area contributed by atoms with Gasteiger partial charge in [-0.2, -0.15) is 0 Å². The number of alkyl halides is 1. The highest BCUT2D eigenvalue weighted by Gasteiger charge is 2.06. The van der Waals surface area contributed by atoms with Gasteiger partial charge in [0.25, 0.3) is 0 Å². The van der Waals surface area contributed by atoms with Crippen LogP contribution < -0.4 is 0 Å². The summed E-state index contributed by atoms with van der Waals surface area (Å²) in [5, 5.41) is 7.94. The molecule has 1 atom stereocenters. The lowest BCUT2D eigenvalue weighted by molar-refractivity contribution is 0.607. The zero-order valence-corrected chi connectivity index (χ0v) is 10.2. The van der Waals surface area contributed by atoms with Gasteiger partial charge in [-0.05, 0) is 18.6 Å². The Bertz CT molecular complexity index is 483. The molecule has 0 fully saturated rings. The molecule has 1 unspecified atom stereocenters. The lowest BCUT2D eigenvalue weighted by atomic mass is 10.3. The molecule has 0 N–H and O–H groups in total. The molecule has 0 aliphatic rings. The molecule has 0 bridgehead atoms. The van der Waals surface area contributed by atoms with Gasteiger partial charge in [0.2, 0.25) is 0 Å². The van der Waals surface area contributed by atoms with Crippen molar-refractivity contribution in [2.45, 2.75) is 18.3 Å². The minimum Gasteiger partial charge on any atom is -0.261 e. The number of rotatable bonds is 3. The Balaban J connectivity index is 2.14. The third kappa shape index (κ3) is 2.63. The topological polar surface area (TPSA) is 43.6 Å². The van der Waals surface area contributed by atoms with E-state index >= 15 is 0 Å². The Kier molecular flexibility index (Phi) is 3.28. The average Bonchev–Trinajstić information content (AvgIpc) is 2.66. The van der Waals surface area contributed by atoms with Crippen LogP contribution in [0.25, 0.3) is 0 Å². The van der Waals surface area contributed by atoms with Gasteiger partial charge in [-0.15, -0.1) is 5.10 Å². The molecule has 0 radical (unpaired) electrons. The van der Waals surface area contributed by atoms with E-state index < -0.39 is 0 Å². The molecule has 0 saturated heterocycles. The summed E-state index contributed by atoms with van der Waals surface area (Å²) in [4.78, 5) is 3.94. The van der Waals surface area contributed by atoms with Gasteiger partial charge in [0.1, 0.15) is 5.82 Å². The first-order chi connectivity index (χ1) is 7.65. The molecule has 2 heterocycles. The maximum Gasteiger partial charge on any atom is 0.141 e. The molecule has 6 heteroatoms. The predicted molar refractivity (Wildman–Crippen MR) is 60.7 cm³/mol. The summed E-state index contributed by atoms with van der Waals surface area (Å²) in [6.07, 6.45) is 4.61. The fourth-order valence-electron chi connectivity index (χ4n) is 1.30. The van der Waals surface area contributed by atoms with Crippen LogP contribution in [-0.4, -0.2) is 20.0 Å². The van der Waals surface area contributed by atoms with E-state index in [1.807, 2.05) is 13.1 Å². The van der Waals surface area contributed by atoms with Crippen molar-refractivity contribution in [1.29, 1.82) is 0 Å². The van der Waals surface area contributed by atoms with Crippen LogP contribution in [0.3, 0.4) is 0 Å². The smallest absolute Gasteiger partial charge is 0.141 e. The van der Waals surface area contributed by atoms with Crippen molar-refractivity contribution < 1.29 is 4.39 Å². The fraction of sp³-hybridized carbons (Fsp3) is 0.300. The summed E-state index contributed by atoms with van der Waals surface area (Å²) < 4.78 is 14.5. The van der Waals surface area contributed by atoms with Crippen molar-refractivity contribution in [3.8, 4) is 0 Å². The summed E-state index contributed by atoms with van der Waals surface area (Å²) in [5.41, 5.74) is 1.61. The summed E-state index contributed by atoms with van der Waals surface area (Å²) >= 11 is 3.40. The Morgan fingerprint density at radius 2 is 2.31 bits per heavy atom. The van der Waals surface area contributed by atoms with Crippen LogP contribution in [0.4, 0.5) is 4.39 Å². The minimum absolute atomic E-state index is 0.159. The lowest BCUT2D eigenvalue weighted by Crippen LogP contribution is -2.01. The lowest BCUT2D eigenvalue weighted by Gasteiger charge is -2.00. The van der Waals surface area contributed by atoms with Crippen molar-refractivity contribution in [3.63, 3.8) is 0 Å². The zero-order valence-electron chi connectivity index (χ0n) is 8.64. The van der Waals surface area contributed by atoms with Gasteiger partial charge in [-0.1, -0.05) is 21.1 Å². The molecule has 0 aliphatic carbocycles. The van der Waals surface area contributed by atoms with Crippen LogP contribution in [0.15, 0.2) is 24.7 Å². The first kappa shape index (κ1) is 11.2. The van der Waals surface area contributed by atoms with Crippen LogP contribution in [0.5, 0.6) is 0 Å². The van der Waals surface area contributed by atoms with E-state index in [1.165, 1.54) is 12.3 Å². The maximum absolute atomic E-state index is 12.9. The molecule has 2 aromatic rings. The highest BCUT2D eigenvalue weighted by molar-refractivity contribution is 9.09. The van der Waals surface area contributed by atoms with Crippen LogP contribution in [0.1, 0.15) is 23.0 Å². The molecule has 2 aromatic heterocycles. The Labute approximate surface area is 101 Å². The molecule has 0 amide bonds. The van der Waals surface area contributed by atoms with Gasteiger partial charge >= 0.3 is 0 Å². The number of pyridine rings is 1. The fourth-order valence-corrected chi connectivity index (χ4v) is 1.51. The molecule has 2 rings (SSSR count). The number of halogens is 2. The molecular weight excluding hydrogens is 275 g/mol. The monoisotopic (exact) mass is 284 g/mol. The Morgan fingerprint density at radius 3 is 2.94 bits per heavy atom. The second-order valence-electron chi connectivity index (χ2n) is 3.47. The molecular formula is C10H10BrFN4. The molecule has 4 nitrogen and oxygen atoms in total. The second-order valence-corrected chi connectivity index (χ2v) is 4.84. The van der Waals surface area contributed by atoms with E-state index in [-0.39, 0.29) is 10.6 Å². The van der Waals surface area contributed by atoms with Crippen molar-refractivity contribution in [2.75, 3.05) is 0 Å². The number of hydrogen-bond acceptors (Lipinski definition) is 3. The Hall–Kier alpha value is -1.30. The zero-order chi connectivity index (χ0) is 11.5. The van der Waals surface area contributed by atoms with Crippen molar-refractivity contribution >= 4 is 15.9 Å². The van der Waals surface area contributed by atoms with Gasteiger partial charge in [-0.25, -0.2) is 9.07 Å². The van der Waals surface area contributed by atoms with Gasteiger partial charge in [0.05, 0.1) is 23.3 Å². The number of hydrogen-bond donors (Lipinski definition) is 0. The molecule has 16 heavy (non-hydrogen) atoms. The highest BCUT2D eigenvalue weighted by atomic mass is 79.9. The van der Waals surface area contributed by atoms with Crippen LogP contribution in [0.2, 0.25) is 0 Å². The van der Waals surface area contributed by atoms with E-state index in [0.29, 0.717) is 6.54 Å². The van der Waals surface area contributed by atoms with Crippen LogP contribution in [-0.2, 0) is 6.54 Å². The average molecular weight is 285 g/mol. The number of aromatic nitrogens is 4. The van der Waals surface area contributed by atoms with E-state index in [4.69, 9.17) is 0 Å². The predicted octanol–water partition coefficient (Wildman–Crippen LogP) is 2.32. The molecule has 0 aromatic carbocycles. The molecule has 0 saturated carbocycles. The summed E-state index contributed by atoms with van der Waals surface area (Å²) in [6.45, 7) is 2.44. The van der Waals surface area contributed by atoms with Crippen molar-refractivity contribution in [2.24, 2.45) is 0 Å². The van der Waals surface area contributed by atoms with Gasteiger partial charge in [0.15, 0.2) is 0 Å². The van der Waals surface area contributed by atoms with E-state index in [1.54, 1.807) is 10.9 Å². The summed E-state index contributed by atoms with van der Waals surface area (Å²) in [5.74, 6) is -0.341. The Morgan fingerprint density at radius 1 is 1.50 bits per heavy atom. The standard InChI is InChI=1S/C10H10BrFN4/c1-7(11)10-6-16(15-14-10)5-8-2-9(12)4-13-3-8/h2-4,6-7H,5H2,1H3. The van der Waals surface area contributed by atoms with Crippen molar-refractivity contribution in [1.82, 2.24) is 20.0 Å². The van der Waals surface area contributed by atoms with Crippen molar-refractivity contribution in [3.05, 3.63) is 41.7 Å². The van der Waals surface area contributed by atoms with Crippen LogP contribution >= 0.6 is 15.9 Å². The summed E-state index contributed by atoms with van der Waals surface area (Å²) in [7, 11) is 0. The normalized spacial score (nSPS) is 12.7. The third-order valence-electron chi connectivity index (χ3n) is 2.07. The first-order valence-electron chi connectivity index (χ1n) is 4.78. The van der Waals surface area contributed by atoms with Crippen LogP contribution in [0, 0.1) is 5.82 Å². The van der Waals surface area contributed by atoms with Gasteiger partial charge in [0, 0.05) is 12.4 Å². The minimum atomic E-state index is -0.341. The quantitative estimate of drug-likeness (QED) is 0.813. The largest absolute Gasteiger partial charge is 0.261 e. The molecule has 84 valence electrons.